The standard InChI is InChI=1S/C15H20N2O2/c1-3-4-9-16-10(2)13-14(18)11-7-5-6-8-12(11)17-15(13)19/h5-8,13-14,18H,3-4,9H2,1-2H3,(H,17,19). The molecule has 1 aromatic rings. The van der Waals surface area contributed by atoms with Crippen molar-refractivity contribution >= 4 is 17.3 Å². The van der Waals surface area contributed by atoms with Crippen LogP contribution >= 0.6 is 0 Å². The van der Waals surface area contributed by atoms with Crippen LogP contribution in [0.2, 0.25) is 0 Å². The van der Waals surface area contributed by atoms with Gasteiger partial charge in [-0.3, -0.25) is 9.79 Å². The molecule has 0 aromatic heterocycles. The maximum absolute atomic E-state index is 12.1. The third kappa shape index (κ3) is 2.84. The van der Waals surface area contributed by atoms with Gasteiger partial charge in [0.1, 0.15) is 5.92 Å². The van der Waals surface area contributed by atoms with Crippen LogP contribution in [0.4, 0.5) is 5.69 Å². The van der Waals surface area contributed by atoms with Gasteiger partial charge in [-0.15, -0.1) is 0 Å². The fourth-order valence-electron chi connectivity index (χ4n) is 2.33. The Bertz CT molecular complexity index is 497. The largest absolute Gasteiger partial charge is 0.387 e. The molecule has 4 nitrogen and oxygen atoms in total. The molecule has 0 saturated carbocycles. The van der Waals surface area contributed by atoms with Gasteiger partial charge >= 0.3 is 0 Å². The van der Waals surface area contributed by atoms with Gasteiger partial charge < -0.3 is 10.4 Å². The normalized spacial score (nSPS) is 22.9. The Morgan fingerprint density at radius 2 is 2.16 bits per heavy atom. The highest BCUT2D eigenvalue weighted by Gasteiger charge is 2.36. The SMILES string of the molecule is CCCCN=C(C)C1C(=O)Nc2ccccc2C1O. The van der Waals surface area contributed by atoms with Crippen molar-refractivity contribution in [3.8, 4) is 0 Å². The predicted molar refractivity (Wildman–Crippen MR) is 76.4 cm³/mol. The first-order valence-electron chi connectivity index (χ1n) is 6.74. The van der Waals surface area contributed by atoms with Gasteiger partial charge in [0.05, 0.1) is 6.10 Å². The highest BCUT2D eigenvalue weighted by Crippen LogP contribution is 2.34. The number of rotatable bonds is 4. The first-order valence-corrected chi connectivity index (χ1v) is 6.74. The summed E-state index contributed by atoms with van der Waals surface area (Å²) in [6, 6.07) is 7.34. The second-order valence-electron chi connectivity index (χ2n) is 4.88. The minimum absolute atomic E-state index is 0.177. The van der Waals surface area contributed by atoms with E-state index >= 15 is 0 Å². The number of benzene rings is 1. The molecular formula is C15H20N2O2. The molecule has 102 valence electrons. The molecule has 19 heavy (non-hydrogen) atoms. The van der Waals surface area contributed by atoms with Crippen molar-refractivity contribution in [1.82, 2.24) is 0 Å². The molecule has 1 heterocycles. The number of unbranched alkanes of at least 4 members (excludes halogenated alkanes) is 1. The molecule has 1 amide bonds. The molecule has 1 aromatic carbocycles. The Balaban J connectivity index is 2.23. The first kappa shape index (κ1) is 13.7. The lowest BCUT2D eigenvalue weighted by molar-refractivity contribution is -0.121. The first-order chi connectivity index (χ1) is 9.15. The van der Waals surface area contributed by atoms with Crippen LogP contribution in [0.5, 0.6) is 0 Å². The monoisotopic (exact) mass is 260 g/mol. The number of fused-ring (bicyclic) bond motifs is 1. The Morgan fingerprint density at radius 3 is 2.89 bits per heavy atom. The van der Waals surface area contributed by atoms with Gasteiger partial charge in [0.2, 0.25) is 5.91 Å². The van der Waals surface area contributed by atoms with Crippen molar-refractivity contribution in [2.45, 2.75) is 32.8 Å². The lowest BCUT2D eigenvalue weighted by Gasteiger charge is -2.29. The van der Waals surface area contributed by atoms with Crippen LogP contribution in [0, 0.1) is 5.92 Å². The number of carbonyl (C=O) groups is 1. The van der Waals surface area contributed by atoms with E-state index in [2.05, 4.69) is 17.2 Å². The molecule has 1 aliphatic rings. The maximum Gasteiger partial charge on any atom is 0.236 e. The van der Waals surface area contributed by atoms with E-state index in [0.717, 1.165) is 18.4 Å². The summed E-state index contributed by atoms with van der Waals surface area (Å²) in [5.74, 6) is -0.754. The lowest BCUT2D eigenvalue weighted by atomic mass is 9.87. The average molecular weight is 260 g/mol. The average Bonchev–Trinajstić information content (AvgIpc) is 2.39. The van der Waals surface area contributed by atoms with Crippen molar-refractivity contribution in [2.24, 2.45) is 10.9 Å². The summed E-state index contributed by atoms with van der Waals surface area (Å²) in [5, 5.41) is 13.2. The van der Waals surface area contributed by atoms with Crippen molar-refractivity contribution in [3.05, 3.63) is 29.8 Å². The molecule has 0 bridgehead atoms. The molecule has 0 spiro atoms. The molecule has 2 atom stereocenters. The number of aliphatic hydroxyl groups excluding tert-OH is 1. The van der Waals surface area contributed by atoms with E-state index in [9.17, 15) is 9.90 Å². The number of carbonyl (C=O) groups excluding carboxylic acids is 1. The van der Waals surface area contributed by atoms with E-state index in [0.29, 0.717) is 17.9 Å². The molecule has 2 unspecified atom stereocenters. The van der Waals surface area contributed by atoms with Gasteiger partial charge in [0.15, 0.2) is 0 Å². The number of nitrogens with one attached hydrogen (secondary N) is 1. The quantitative estimate of drug-likeness (QED) is 0.645. The van der Waals surface area contributed by atoms with E-state index in [1.165, 1.54) is 0 Å². The minimum atomic E-state index is -0.810. The van der Waals surface area contributed by atoms with Crippen LogP contribution in [0.25, 0.3) is 0 Å². The Morgan fingerprint density at radius 1 is 1.42 bits per heavy atom. The molecule has 2 rings (SSSR count). The third-order valence-electron chi connectivity index (χ3n) is 3.46. The third-order valence-corrected chi connectivity index (χ3v) is 3.46. The maximum atomic E-state index is 12.1. The van der Waals surface area contributed by atoms with Gasteiger partial charge in [0, 0.05) is 23.5 Å². The van der Waals surface area contributed by atoms with E-state index < -0.39 is 12.0 Å². The number of hydrogen-bond acceptors (Lipinski definition) is 3. The predicted octanol–water partition coefficient (Wildman–Crippen LogP) is 2.55. The molecule has 4 heteroatoms. The minimum Gasteiger partial charge on any atom is -0.387 e. The fraction of sp³-hybridized carbons (Fsp3) is 0.467. The van der Waals surface area contributed by atoms with E-state index in [1.807, 2.05) is 25.1 Å². The van der Waals surface area contributed by atoms with Crippen LogP contribution in [0.15, 0.2) is 29.3 Å². The summed E-state index contributed by atoms with van der Waals surface area (Å²) in [5.41, 5.74) is 2.16. The number of aliphatic imine (C=N–C) groups is 1. The van der Waals surface area contributed by atoms with Gasteiger partial charge in [0.25, 0.3) is 0 Å². The van der Waals surface area contributed by atoms with E-state index in [-0.39, 0.29) is 5.91 Å². The zero-order valence-corrected chi connectivity index (χ0v) is 11.4. The van der Waals surface area contributed by atoms with Crippen LogP contribution in [-0.4, -0.2) is 23.3 Å². The Labute approximate surface area is 113 Å². The second kappa shape index (κ2) is 5.97. The Kier molecular flexibility index (Phi) is 4.32. The van der Waals surface area contributed by atoms with Crippen LogP contribution in [0.1, 0.15) is 38.4 Å². The molecule has 0 radical (unpaired) electrons. The number of nitrogens with zero attached hydrogens (tertiary/aromatic N) is 1. The molecule has 0 aliphatic carbocycles. The summed E-state index contributed by atoms with van der Waals surface area (Å²) >= 11 is 0. The van der Waals surface area contributed by atoms with Crippen LogP contribution in [0.3, 0.4) is 0 Å². The second-order valence-corrected chi connectivity index (χ2v) is 4.88. The van der Waals surface area contributed by atoms with Crippen molar-refractivity contribution < 1.29 is 9.90 Å². The summed E-state index contributed by atoms with van der Waals surface area (Å²) in [6.07, 6.45) is 1.26. The van der Waals surface area contributed by atoms with Crippen molar-refractivity contribution in [1.29, 1.82) is 0 Å². The van der Waals surface area contributed by atoms with E-state index in [4.69, 9.17) is 0 Å². The topological polar surface area (TPSA) is 61.7 Å². The van der Waals surface area contributed by atoms with Crippen LogP contribution in [-0.2, 0) is 4.79 Å². The Hall–Kier alpha value is -1.68. The molecule has 0 fully saturated rings. The van der Waals surface area contributed by atoms with Gasteiger partial charge in [-0.2, -0.15) is 0 Å². The zero-order valence-electron chi connectivity index (χ0n) is 11.4. The summed E-state index contributed by atoms with van der Waals surface area (Å²) in [6.45, 7) is 4.63. The van der Waals surface area contributed by atoms with Crippen molar-refractivity contribution in [3.63, 3.8) is 0 Å². The molecule has 0 saturated heterocycles. The number of anilines is 1. The molecule has 1 aliphatic heterocycles. The van der Waals surface area contributed by atoms with E-state index in [1.54, 1.807) is 6.07 Å². The highest BCUT2D eigenvalue weighted by molar-refractivity contribution is 6.11. The number of aliphatic hydroxyl groups is 1. The fourth-order valence-corrected chi connectivity index (χ4v) is 2.33. The van der Waals surface area contributed by atoms with Gasteiger partial charge in [-0.05, 0) is 19.4 Å². The number of hydrogen-bond donors (Lipinski definition) is 2. The number of para-hydroxylation sites is 1. The highest BCUT2D eigenvalue weighted by atomic mass is 16.3. The number of amides is 1. The molecule has 2 N–H and O–H groups in total. The smallest absolute Gasteiger partial charge is 0.236 e. The van der Waals surface area contributed by atoms with Gasteiger partial charge in [-0.25, -0.2) is 0 Å². The lowest BCUT2D eigenvalue weighted by Crippen LogP contribution is -2.38. The van der Waals surface area contributed by atoms with Crippen LogP contribution < -0.4 is 5.32 Å². The molecular weight excluding hydrogens is 240 g/mol. The van der Waals surface area contributed by atoms with Crippen molar-refractivity contribution in [2.75, 3.05) is 11.9 Å². The summed E-state index contributed by atoms with van der Waals surface area (Å²) < 4.78 is 0. The zero-order chi connectivity index (χ0) is 13.8. The summed E-state index contributed by atoms with van der Waals surface area (Å²) in [7, 11) is 0. The van der Waals surface area contributed by atoms with Gasteiger partial charge in [-0.1, -0.05) is 31.5 Å². The summed E-state index contributed by atoms with van der Waals surface area (Å²) in [4.78, 5) is 16.5.